The molecule has 0 bridgehead atoms. The quantitative estimate of drug-likeness (QED) is 0.388. The number of nitrogens with zero attached hydrogens (tertiary/aromatic N) is 1. The molecule has 1 amide bonds. The van der Waals surface area contributed by atoms with Gasteiger partial charge in [0.2, 0.25) is 0 Å². The lowest BCUT2D eigenvalue weighted by Gasteiger charge is -2.25. The number of hydrogen-bond donors (Lipinski definition) is 1. The molecule has 2 aliphatic heterocycles. The highest BCUT2D eigenvalue weighted by Crippen LogP contribution is 2.43. The van der Waals surface area contributed by atoms with Gasteiger partial charge in [0.25, 0.3) is 11.7 Å². The molecule has 1 unspecified atom stereocenters. The van der Waals surface area contributed by atoms with Gasteiger partial charge >= 0.3 is 0 Å². The molecule has 1 atom stereocenters. The van der Waals surface area contributed by atoms with Crippen LogP contribution >= 0.6 is 0 Å². The Bertz CT molecular complexity index is 1250. The molecule has 0 aliphatic carbocycles. The summed E-state index contributed by atoms with van der Waals surface area (Å²) in [6, 6.07) is 15.3. The molecule has 31 heavy (non-hydrogen) atoms. The summed E-state index contributed by atoms with van der Waals surface area (Å²) in [6.07, 6.45) is 0.731. The van der Waals surface area contributed by atoms with Crippen LogP contribution in [0.5, 0.6) is 5.75 Å². The number of hydrogen-bond acceptors (Lipinski definition) is 5. The predicted octanol–water partition coefficient (Wildman–Crippen LogP) is 4.46. The van der Waals surface area contributed by atoms with Crippen molar-refractivity contribution in [1.29, 1.82) is 0 Å². The van der Waals surface area contributed by atoms with E-state index in [0.717, 1.165) is 23.3 Å². The number of Topliss-reactive ketones (excluding diaryl/α,β-unsaturated/α-hetero) is 1. The van der Waals surface area contributed by atoms with Gasteiger partial charge in [0.05, 0.1) is 12.2 Å². The molecule has 0 spiro atoms. The Morgan fingerprint density at radius 3 is 2.61 bits per heavy atom. The highest BCUT2D eigenvalue weighted by Gasteiger charge is 2.48. The topological polar surface area (TPSA) is 80.0 Å². The number of fused-ring (bicyclic) bond motifs is 1. The zero-order valence-electron chi connectivity index (χ0n) is 17.2. The van der Waals surface area contributed by atoms with Crippen LogP contribution in [0.3, 0.4) is 0 Å². The first-order chi connectivity index (χ1) is 15.0. The van der Waals surface area contributed by atoms with E-state index in [1.807, 2.05) is 31.2 Å². The maximum Gasteiger partial charge on any atom is 0.300 e. The third-order valence-corrected chi connectivity index (χ3v) is 5.81. The molecular formula is C25H21NO5. The van der Waals surface area contributed by atoms with Crippen LogP contribution in [-0.2, 0) is 16.0 Å². The molecule has 2 aliphatic rings. The average Bonchev–Trinajstić information content (AvgIpc) is 3.46. The van der Waals surface area contributed by atoms with E-state index in [9.17, 15) is 14.7 Å². The summed E-state index contributed by atoms with van der Waals surface area (Å²) in [5.41, 5.74) is 2.89. The van der Waals surface area contributed by atoms with Crippen LogP contribution < -0.4 is 9.64 Å². The number of benzene rings is 2. The molecule has 1 fully saturated rings. The highest BCUT2D eigenvalue weighted by molar-refractivity contribution is 6.51. The smallest absolute Gasteiger partial charge is 0.300 e. The zero-order chi connectivity index (χ0) is 21.7. The number of furan rings is 1. The molecule has 156 valence electrons. The van der Waals surface area contributed by atoms with E-state index in [-0.39, 0.29) is 11.3 Å². The Balaban J connectivity index is 1.71. The van der Waals surface area contributed by atoms with Crippen molar-refractivity contribution in [3.8, 4) is 5.75 Å². The number of para-hydroxylation sites is 1. The molecule has 1 saturated heterocycles. The first kappa shape index (κ1) is 19.2. The predicted molar refractivity (Wildman–Crippen MR) is 115 cm³/mol. The Morgan fingerprint density at radius 1 is 1.06 bits per heavy atom. The number of rotatable bonds is 3. The van der Waals surface area contributed by atoms with E-state index >= 15 is 0 Å². The number of anilines is 1. The van der Waals surface area contributed by atoms with E-state index in [1.165, 1.54) is 4.90 Å². The van der Waals surface area contributed by atoms with Crippen LogP contribution in [0.1, 0.15) is 34.3 Å². The maximum absolute atomic E-state index is 13.2. The lowest BCUT2D eigenvalue weighted by atomic mass is 9.97. The summed E-state index contributed by atoms with van der Waals surface area (Å²) in [4.78, 5) is 27.7. The number of aryl methyl sites for hydroxylation is 2. The fourth-order valence-corrected chi connectivity index (χ4v) is 4.27. The van der Waals surface area contributed by atoms with Gasteiger partial charge in [-0.2, -0.15) is 0 Å². The van der Waals surface area contributed by atoms with Gasteiger partial charge in [-0.1, -0.05) is 18.2 Å². The summed E-state index contributed by atoms with van der Waals surface area (Å²) >= 11 is 0. The van der Waals surface area contributed by atoms with Gasteiger partial charge in [-0.25, -0.2) is 0 Å². The van der Waals surface area contributed by atoms with Gasteiger partial charge in [-0.05, 0) is 61.4 Å². The molecule has 1 N–H and O–H groups in total. The number of aliphatic hydroxyl groups is 1. The van der Waals surface area contributed by atoms with E-state index in [2.05, 4.69) is 0 Å². The standard InChI is InChI=1S/C25H21NO5/c1-14-5-3-4-6-18(14)26-22(20-9-7-15(2)31-20)21(24(28)25(26)29)23(27)17-8-10-19-16(13-17)11-12-30-19/h3-10,13,22,27H,11-12H2,1-2H3/b23-21-. The molecule has 6 nitrogen and oxygen atoms in total. The average molecular weight is 415 g/mol. The molecule has 5 rings (SSSR count). The number of carbonyl (C=O) groups is 2. The largest absolute Gasteiger partial charge is 0.507 e. The molecule has 3 heterocycles. The van der Waals surface area contributed by atoms with Gasteiger partial charge in [0.15, 0.2) is 0 Å². The molecule has 6 heteroatoms. The maximum atomic E-state index is 13.2. The minimum absolute atomic E-state index is 0.0152. The first-order valence-corrected chi connectivity index (χ1v) is 10.1. The summed E-state index contributed by atoms with van der Waals surface area (Å²) < 4.78 is 11.4. The van der Waals surface area contributed by atoms with Gasteiger partial charge in [-0.15, -0.1) is 0 Å². The fourth-order valence-electron chi connectivity index (χ4n) is 4.27. The summed E-state index contributed by atoms with van der Waals surface area (Å²) in [6.45, 7) is 4.26. The van der Waals surface area contributed by atoms with Crippen molar-refractivity contribution in [2.24, 2.45) is 0 Å². The van der Waals surface area contributed by atoms with Crippen LogP contribution in [0.4, 0.5) is 5.69 Å². The Morgan fingerprint density at radius 2 is 1.87 bits per heavy atom. The Kier molecular flexibility index (Phi) is 4.43. The molecule has 3 aromatic rings. The van der Waals surface area contributed by atoms with Crippen molar-refractivity contribution in [2.75, 3.05) is 11.5 Å². The van der Waals surface area contributed by atoms with Gasteiger partial charge in [0, 0.05) is 17.7 Å². The zero-order valence-corrected chi connectivity index (χ0v) is 17.2. The number of ketones is 1. The second-order valence-corrected chi connectivity index (χ2v) is 7.82. The number of aliphatic hydroxyl groups excluding tert-OH is 1. The second kappa shape index (κ2) is 7.16. The Labute approximate surface area is 179 Å². The van der Waals surface area contributed by atoms with Crippen LogP contribution in [0.25, 0.3) is 5.76 Å². The summed E-state index contributed by atoms with van der Waals surface area (Å²) in [7, 11) is 0. The van der Waals surface area contributed by atoms with Crippen LogP contribution in [0, 0.1) is 13.8 Å². The molecule has 2 aromatic carbocycles. The highest BCUT2D eigenvalue weighted by atomic mass is 16.5. The third kappa shape index (κ3) is 3.03. The second-order valence-electron chi connectivity index (χ2n) is 7.82. The normalized spacial score (nSPS) is 19.5. The summed E-state index contributed by atoms with van der Waals surface area (Å²) in [5.74, 6) is 0.195. The minimum Gasteiger partial charge on any atom is -0.507 e. The molecular weight excluding hydrogens is 394 g/mol. The van der Waals surface area contributed by atoms with Crippen molar-refractivity contribution in [2.45, 2.75) is 26.3 Å². The molecule has 1 aromatic heterocycles. The van der Waals surface area contributed by atoms with Crippen molar-refractivity contribution in [3.63, 3.8) is 0 Å². The third-order valence-electron chi connectivity index (χ3n) is 5.81. The van der Waals surface area contributed by atoms with Gasteiger partial charge < -0.3 is 14.3 Å². The van der Waals surface area contributed by atoms with E-state index in [0.29, 0.717) is 29.4 Å². The number of ether oxygens (including phenoxy) is 1. The van der Waals surface area contributed by atoms with Crippen molar-refractivity contribution in [3.05, 3.63) is 88.4 Å². The van der Waals surface area contributed by atoms with Gasteiger partial charge in [-0.3, -0.25) is 14.5 Å². The monoisotopic (exact) mass is 415 g/mol. The van der Waals surface area contributed by atoms with Crippen molar-refractivity contribution in [1.82, 2.24) is 0 Å². The van der Waals surface area contributed by atoms with E-state index in [1.54, 1.807) is 37.3 Å². The van der Waals surface area contributed by atoms with Crippen LogP contribution in [-0.4, -0.2) is 23.4 Å². The molecule has 0 radical (unpaired) electrons. The van der Waals surface area contributed by atoms with Crippen LogP contribution in [0.2, 0.25) is 0 Å². The fraction of sp³-hybridized carbons (Fsp3) is 0.200. The number of amides is 1. The molecule has 0 saturated carbocycles. The lowest BCUT2D eigenvalue weighted by Crippen LogP contribution is -2.29. The SMILES string of the molecule is Cc1ccc(C2/C(=C(/O)c3ccc4c(c3)CCO4)C(=O)C(=O)N2c2ccccc2C)o1. The van der Waals surface area contributed by atoms with Crippen molar-refractivity contribution >= 4 is 23.1 Å². The van der Waals surface area contributed by atoms with Crippen LogP contribution in [0.15, 0.2) is 64.6 Å². The number of carbonyl (C=O) groups excluding carboxylic acids is 2. The Hall–Kier alpha value is -3.80. The van der Waals surface area contributed by atoms with E-state index in [4.69, 9.17) is 9.15 Å². The lowest BCUT2D eigenvalue weighted by molar-refractivity contribution is -0.132. The van der Waals surface area contributed by atoms with Crippen molar-refractivity contribution < 1.29 is 23.8 Å². The summed E-state index contributed by atoms with van der Waals surface area (Å²) in [5, 5.41) is 11.2. The van der Waals surface area contributed by atoms with E-state index < -0.39 is 17.7 Å². The van der Waals surface area contributed by atoms with Gasteiger partial charge in [0.1, 0.15) is 29.1 Å². The first-order valence-electron chi connectivity index (χ1n) is 10.1. The minimum atomic E-state index is -0.862.